The molecule has 1 spiro atoms. The summed E-state index contributed by atoms with van der Waals surface area (Å²) < 4.78 is 11.3. The molecule has 0 aliphatic carbocycles. The molecule has 0 saturated carbocycles. The summed E-state index contributed by atoms with van der Waals surface area (Å²) in [5, 5.41) is 0. The van der Waals surface area contributed by atoms with Gasteiger partial charge in [0.15, 0.2) is 5.79 Å². The Labute approximate surface area is 114 Å². The maximum Gasteiger partial charge on any atom is 0.239 e. The van der Waals surface area contributed by atoms with Gasteiger partial charge in [0.05, 0.1) is 25.8 Å². The van der Waals surface area contributed by atoms with Crippen molar-refractivity contribution in [1.82, 2.24) is 4.90 Å². The number of carbonyl (C=O) groups excluding carboxylic acids is 1. The summed E-state index contributed by atoms with van der Waals surface area (Å²) in [7, 11) is 0. The molecule has 1 amide bonds. The number of carbonyl (C=O) groups is 1. The lowest BCUT2D eigenvalue weighted by Crippen LogP contribution is -2.54. The summed E-state index contributed by atoms with van der Waals surface area (Å²) in [5.74, 6) is -0.509. The van der Waals surface area contributed by atoms with Gasteiger partial charge in [-0.05, 0) is 12.8 Å². The normalized spacial score (nSPS) is 23.8. The SMILES string of the molecule is CCCC(N)C(=O)N1CCCC2(C1)OCCO2.Cl. The van der Waals surface area contributed by atoms with Crippen LogP contribution < -0.4 is 5.73 Å². The highest BCUT2D eigenvalue weighted by atomic mass is 35.5. The minimum absolute atomic E-state index is 0. The van der Waals surface area contributed by atoms with E-state index >= 15 is 0 Å². The fourth-order valence-corrected chi connectivity index (χ4v) is 2.58. The number of ether oxygens (including phenoxy) is 2. The van der Waals surface area contributed by atoms with Crippen LogP contribution in [0.5, 0.6) is 0 Å². The average molecular weight is 279 g/mol. The Hall–Kier alpha value is -0.360. The summed E-state index contributed by atoms with van der Waals surface area (Å²) in [6.07, 6.45) is 3.47. The molecule has 1 atom stereocenters. The van der Waals surface area contributed by atoms with Crippen LogP contribution in [-0.4, -0.2) is 48.9 Å². The fourth-order valence-electron chi connectivity index (χ4n) is 2.58. The molecule has 0 aromatic heterocycles. The van der Waals surface area contributed by atoms with E-state index in [4.69, 9.17) is 15.2 Å². The highest BCUT2D eigenvalue weighted by molar-refractivity contribution is 5.85. The van der Waals surface area contributed by atoms with Gasteiger partial charge >= 0.3 is 0 Å². The molecule has 5 nitrogen and oxygen atoms in total. The van der Waals surface area contributed by atoms with Gasteiger partial charge in [0.1, 0.15) is 0 Å². The number of halogens is 1. The predicted octanol–water partition coefficient (Wildman–Crippen LogP) is 0.901. The molecule has 0 aromatic carbocycles. The lowest BCUT2D eigenvalue weighted by molar-refractivity contribution is -0.193. The molecule has 2 saturated heterocycles. The number of amides is 1. The Morgan fingerprint density at radius 1 is 1.44 bits per heavy atom. The second-order valence-corrected chi connectivity index (χ2v) is 4.87. The lowest BCUT2D eigenvalue weighted by Gasteiger charge is -2.39. The number of nitrogens with zero attached hydrogens (tertiary/aromatic N) is 1. The van der Waals surface area contributed by atoms with Crippen molar-refractivity contribution in [2.45, 2.75) is 44.4 Å². The molecule has 2 N–H and O–H groups in total. The maximum atomic E-state index is 12.1. The molecule has 106 valence electrons. The van der Waals surface area contributed by atoms with E-state index in [9.17, 15) is 4.79 Å². The number of likely N-dealkylation sites (tertiary alicyclic amines) is 1. The van der Waals surface area contributed by atoms with E-state index in [1.807, 2.05) is 6.92 Å². The zero-order valence-corrected chi connectivity index (χ0v) is 11.7. The van der Waals surface area contributed by atoms with Crippen LogP contribution in [0.15, 0.2) is 0 Å². The van der Waals surface area contributed by atoms with Gasteiger partial charge in [-0.1, -0.05) is 13.3 Å². The van der Waals surface area contributed by atoms with Gasteiger partial charge < -0.3 is 20.1 Å². The maximum absolute atomic E-state index is 12.1. The summed E-state index contributed by atoms with van der Waals surface area (Å²) in [6.45, 7) is 4.59. The first kappa shape index (κ1) is 15.7. The Bertz CT molecular complexity index is 282. The summed E-state index contributed by atoms with van der Waals surface area (Å²) >= 11 is 0. The molecule has 6 heteroatoms. The highest BCUT2D eigenvalue weighted by Crippen LogP contribution is 2.30. The van der Waals surface area contributed by atoms with Gasteiger partial charge in [-0.15, -0.1) is 12.4 Å². The van der Waals surface area contributed by atoms with Crippen molar-refractivity contribution in [3.63, 3.8) is 0 Å². The van der Waals surface area contributed by atoms with E-state index in [0.29, 0.717) is 19.8 Å². The van der Waals surface area contributed by atoms with Crippen molar-refractivity contribution in [3.8, 4) is 0 Å². The van der Waals surface area contributed by atoms with Crippen molar-refractivity contribution in [2.75, 3.05) is 26.3 Å². The molecule has 0 bridgehead atoms. The second kappa shape index (κ2) is 6.70. The van der Waals surface area contributed by atoms with Crippen LogP contribution in [0.2, 0.25) is 0 Å². The topological polar surface area (TPSA) is 64.8 Å². The molecular weight excluding hydrogens is 256 g/mol. The van der Waals surface area contributed by atoms with Gasteiger partial charge in [-0.25, -0.2) is 0 Å². The average Bonchev–Trinajstić information content (AvgIpc) is 2.76. The number of nitrogens with two attached hydrogens (primary N) is 1. The number of rotatable bonds is 3. The first-order chi connectivity index (χ1) is 8.17. The van der Waals surface area contributed by atoms with Crippen molar-refractivity contribution < 1.29 is 14.3 Å². The Kier molecular flexibility index (Phi) is 5.85. The van der Waals surface area contributed by atoms with Gasteiger partial charge in [0.25, 0.3) is 0 Å². The van der Waals surface area contributed by atoms with Gasteiger partial charge in [0, 0.05) is 13.0 Å². The minimum Gasteiger partial charge on any atom is -0.346 e. The fraction of sp³-hybridized carbons (Fsp3) is 0.917. The first-order valence-corrected chi connectivity index (χ1v) is 6.49. The van der Waals surface area contributed by atoms with Crippen molar-refractivity contribution >= 4 is 18.3 Å². The molecule has 1 unspecified atom stereocenters. The smallest absolute Gasteiger partial charge is 0.239 e. The van der Waals surface area contributed by atoms with E-state index < -0.39 is 5.79 Å². The van der Waals surface area contributed by atoms with Crippen LogP contribution in [0.3, 0.4) is 0 Å². The molecule has 2 heterocycles. The van der Waals surface area contributed by atoms with Crippen LogP contribution in [0.1, 0.15) is 32.6 Å². The molecule has 18 heavy (non-hydrogen) atoms. The first-order valence-electron chi connectivity index (χ1n) is 6.49. The molecule has 2 rings (SSSR count). The van der Waals surface area contributed by atoms with E-state index in [-0.39, 0.29) is 24.4 Å². The van der Waals surface area contributed by atoms with Crippen LogP contribution in [0, 0.1) is 0 Å². The Morgan fingerprint density at radius 3 is 2.72 bits per heavy atom. The van der Waals surface area contributed by atoms with Crippen molar-refractivity contribution in [1.29, 1.82) is 0 Å². The van der Waals surface area contributed by atoms with Crippen molar-refractivity contribution in [2.24, 2.45) is 5.73 Å². The van der Waals surface area contributed by atoms with Gasteiger partial charge in [-0.2, -0.15) is 0 Å². The molecule has 2 aliphatic rings. The van der Waals surface area contributed by atoms with Crippen LogP contribution in [0.4, 0.5) is 0 Å². The third-order valence-electron chi connectivity index (χ3n) is 3.46. The van der Waals surface area contributed by atoms with E-state index in [1.165, 1.54) is 0 Å². The predicted molar refractivity (Wildman–Crippen MR) is 70.6 cm³/mol. The van der Waals surface area contributed by atoms with Crippen molar-refractivity contribution in [3.05, 3.63) is 0 Å². The molecule has 0 aromatic rings. The highest BCUT2D eigenvalue weighted by Gasteiger charge is 2.42. The Morgan fingerprint density at radius 2 is 2.11 bits per heavy atom. The zero-order valence-electron chi connectivity index (χ0n) is 10.9. The molecule has 2 fully saturated rings. The number of hydrogen-bond donors (Lipinski definition) is 1. The third-order valence-corrected chi connectivity index (χ3v) is 3.46. The molecule has 0 radical (unpaired) electrons. The monoisotopic (exact) mass is 278 g/mol. The quantitative estimate of drug-likeness (QED) is 0.833. The number of hydrogen-bond acceptors (Lipinski definition) is 4. The van der Waals surface area contributed by atoms with E-state index in [1.54, 1.807) is 4.90 Å². The second-order valence-electron chi connectivity index (χ2n) is 4.87. The third kappa shape index (κ3) is 3.35. The summed E-state index contributed by atoms with van der Waals surface area (Å²) in [5.41, 5.74) is 5.87. The van der Waals surface area contributed by atoms with Crippen LogP contribution >= 0.6 is 12.4 Å². The summed E-state index contributed by atoms with van der Waals surface area (Å²) in [4.78, 5) is 13.9. The number of piperidine rings is 1. The van der Waals surface area contributed by atoms with Crippen LogP contribution in [-0.2, 0) is 14.3 Å². The van der Waals surface area contributed by atoms with E-state index in [2.05, 4.69) is 0 Å². The lowest BCUT2D eigenvalue weighted by atomic mass is 10.0. The standard InChI is InChI=1S/C12H22N2O3.ClH/c1-2-4-10(13)11(15)14-6-3-5-12(9-14)16-7-8-17-12;/h10H,2-9,13H2,1H3;1H. The van der Waals surface area contributed by atoms with E-state index in [0.717, 1.165) is 32.2 Å². The minimum atomic E-state index is -0.542. The van der Waals surface area contributed by atoms with Gasteiger partial charge in [-0.3, -0.25) is 4.79 Å². The Balaban J connectivity index is 0.00000162. The zero-order chi connectivity index (χ0) is 12.3. The molecule has 2 aliphatic heterocycles. The largest absolute Gasteiger partial charge is 0.346 e. The summed E-state index contributed by atoms with van der Waals surface area (Å²) in [6, 6.07) is -0.378. The molecular formula is C12H23ClN2O3. The van der Waals surface area contributed by atoms with Gasteiger partial charge in [0.2, 0.25) is 5.91 Å². The van der Waals surface area contributed by atoms with Crippen LogP contribution in [0.25, 0.3) is 0 Å².